The summed E-state index contributed by atoms with van der Waals surface area (Å²) in [5, 5.41) is 4.16. The fraction of sp³-hybridized carbons (Fsp3) is 0.375. The fourth-order valence-corrected chi connectivity index (χ4v) is 3.04. The Kier molecular flexibility index (Phi) is 6.02. The highest BCUT2D eigenvalue weighted by Crippen LogP contribution is 2.29. The molecule has 0 bridgehead atoms. The van der Waals surface area contributed by atoms with Crippen LogP contribution in [-0.4, -0.2) is 29.4 Å². The SMILES string of the molecule is CCOc1ccccc1C(CSc1nccc(C)n1)NC. The number of rotatable bonds is 7. The molecule has 1 unspecified atom stereocenters. The Bertz CT molecular complexity index is 577. The minimum absolute atomic E-state index is 0.196. The molecule has 1 aromatic heterocycles. The molecule has 4 nitrogen and oxygen atoms in total. The van der Waals surface area contributed by atoms with Crippen molar-refractivity contribution in [1.29, 1.82) is 0 Å². The first-order valence-electron chi connectivity index (χ1n) is 7.06. The molecule has 1 heterocycles. The molecule has 1 atom stereocenters. The smallest absolute Gasteiger partial charge is 0.187 e. The molecule has 0 saturated heterocycles. The Balaban J connectivity index is 2.09. The molecule has 0 amide bonds. The van der Waals surface area contributed by atoms with Crippen LogP contribution in [0.4, 0.5) is 0 Å². The van der Waals surface area contributed by atoms with E-state index in [-0.39, 0.29) is 6.04 Å². The van der Waals surface area contributed by atoms with Crippen molar-refractivity contribution < 1.29 is 4.74 Å². The molecule has 0 saturated carbocycles. The van der Waals surface area contributed by atoms with Gasteiger partial charge >= 0.3 is 0 Å². The van der Waals surface area contributed by atoms with Gasteiger partial charge in [0.15, 0.2) is 5.16 Å². The van der Waals surface area contributed by atoms with Gasteiger partial charge in [0, 0.05) is 29.2 Å². The molecule has 1 N–H and O–H groups in total. The number of hydrogen-bond donors (Lipinski definition) is 1. The van der Waals surface area contributed by atoms with Gasteiger partial charge in [-0.25, -0.2) is 9.97 Å². The van der Waals surface area contributed by atoms with Gasteiger partial charge in [0.25, 0.3) is 0 Å². The number of aryl methyl sites for hydroxylation is 1. The Morgan fingerprint density at radius 1 is 1.29 bits per heavy atom. The van der Waals surface area contributed by atoms with Crippen molar-refractivity contribution in [1.82, 2.24) is 15.3 Å². The van der Waals surface area contributed by atoms with Crippen LogP contribution in [0.5, 0.6) is 5.75 Å². The maximum absolute atomic E-state index is 5.71. The van der Waals surface area contributed by atoms with Crippen molar-refractivity contribution in [2.75, 3.05) is 19.4 Å². The molecule has 21 heavy (non-hydrogen) atoms. The molecular weight excluding hydrogens is 282 g/mol. The lowest BCUT2D eigenvalue weighted by atomic mass is 10.1. The average molecular weight is 303 g/mol. The monoisotopic (exact) mass is 303 g/mol. The highest BCUT2D eigenvalue weighted by atomic mass is 32.2. The molecule has 0 aliphatic carbocycles. The van der Waals surface area contributed by atoms with E-state index < -0.39 is 0 Å². The molecule has 0 radical (unpaired) electrons. The molecule has 2 rings (SSSR count). The minimum atomic E-state index is 0.196. The van der Waals surface area contributed by atoms with Crippen LogP contribution in [-0.2, 0) is 0 Å². The first-order valence-corrected chi connectivity index (χ1v) is 8.04. The van der Waals surface area contributed by atoms with E-state index in [1.54, 1.807) is 18.0 Å². The highest BCUT2D eigenvalue weighted by Gasteiger charge is 2.15. The van der Waals surface area contributed by atoms with Crippen LogP contribution in [0.3, 0.4) is 0 Å². The van der Waals surface area contributed by atoms with Gasteiger partial charge < -0.3 is 10.1 Å². The van der Waals surface area contributed by atoms with Gasteiger partial charge in [-0.05, 0) is 33.0 Å². The molecule has 2 aromatic rings. The zero-order valence-electron chi connectivity index (χ0n) is 12.7. The number of aromatic nitrogens is 2. The molecule has 0 aliphatic heterocycles. The number of para-hydroxylation sites is 1. The zero-order chi connectivity index (χ0) is 15.1. The lowest BCUT2D eigenvalue weighted by Gasteiger charge is -2.19. The summed E-state index contributed by atoms with van der Waals surface area (Å²) in [6.07, 6.45) is 1.80. The van der Waals surface area contributed by atoms with Crippen LogP contribution in [0.1, 0.15) is 24.2 Å². The molecule has 0 aliphatic rings. The van der Waals surface area contributed by atoms with Crippen LogP contribution in [0.15, 0.2) is 41.7 Å². The van der Waals surface area contributed by atoms with E-state index in [1.165, 1.54) is 5.56 Å². The van der Waals surface area contributed by atoms with Gasteiger partial charge in [-0.1, -0.05) is 30.0 Å². The normalized spacial score (nSPS) is 12.1. The molecule has 0 fully saturated rings. The third-order valence-corrected chi connectivity index (χ3v) is 4.05. The molecule has 5 heteroatoms. The third kappa shape index (κ3) is 4.44. The predicted molar refractivity (Wildman–Crippen MR) is 86.9 cm³/mol. The summed E-state index contributed by atoms with van der Waals surface area (Å²) in [7, 11) is 1.96. The van der Waals surface area contributed by atoms with Gasteiger partial charge in [-0.15, -0.1) is 0 Å². The van der Waals surface area contributed by atoms with Crippen LogP contribution < -0.4 is 10.1 Å². The Morgan fingerprint density at radius 3 is 2.81 bits per heavy atom. The first kappa shape index (κ1) is 15.8. The lowest BCUT2D eigenvalue weighted by molar-refractivity contribution is 0.333. The number of hydrogen-bond acceptors (Lipinski definition) is 5. The van der Waals surface area contributed by atoms with E-state index in [9.17, 15) is 0 Å². The van der Waals surface area contributed by atoms with Gasteiger partial charge in [0.05, 0.1) is 6.61 Å². The number of thioether (sulfide) groups is 1. The van der Waals surface area contributed by atoms with Crippen LogP contribution >= 0.6 is 11.8 Å². The summed E-state index contributed by atoms with van der Waals surface area (Å²) < 4.78 is 5.71. The van der Waals surface area contributed by atoms with E-state index in [1.807, 2.05) is 45.2 Å². The topological polar surface area (TPSA) is 47.0 Å². The van der Waals surface area contributed by atoms with E-state index >= 15 is 0 Å². The van der Waals surface area contributed by atoms with Gasteiger partial charge in [-0.3, -0.25) is 0 Å². The van der Waals surface area contributed by atoms with Crippen LogP contribution in [0.2, 0.25) is 0 Å². The molecular formula is C16H21N3OS. The largest absolute Gasteiger partial charge is 0.494 e. The van der Waals surface area contributed by atoms with Crippen molar-refractivity contribution in [3.63, 3.8) is 0 Å². The first-order chi connectivity index (χ1) is 10.2. The van der Waals surface area contributed by atoms with E-state index in [4.69, 9.17) is 4.74 Å². The summed E-state index contributed by atoms with van der Waals surface area (Å²) in [5.74, 6) is 1.79. The summed E-state index contributed by atoms with van der Waals surface area (Å²) in [5.41, 5.74) is 2.16. The lowest BCUT2D eigenvalue weighted by Crippen LogP contribution is -2.19. The maximum Gasteiger partial charge on any atom is 0.187 e. The zero-order valence-corrected chi connectivity index (χ0v) is 13.5. The summed E-state index contributed by atoms with van der Waals surface area (Å²) >= 11 is 1.65. The number of nitrogens with one attached hydrogen (secondary N) is 1. The fourth-order valence-electron chi connectivity index (χ4n) is 2.04. The second-order valence-electron chi connectivity index (χ2n) is 4.60. The summed E-state index contributed by atoms with van der Waals surface area (Å²) in [4.78, 5) is 8.72. The van der Waals surface area contributed by atoms with E-state index in [0.717, 1.165) is 22.4 Å². The number of benzene rings is 1. The molecule has 112 valence electrons. The van der Waals surface area contributed by atoms with Crippen molar-refractivity contribution in [3.05, 3.63) is 47.8 Å². The van der Waals surface area contributed by atoms with Gasteiger partial charge in [0.1, 0.15) is 5.75 Å². The predicted octanol–water partition coefficient (Wildman–Crippen LogP) is 3.24. The average Bonchev–Trinajstić information content (AvgIpc) is 2.50. The number of ether oxygens (including phenoxy) is 1. The Morgan fingerprint density at radius 2 is 2.10 bits per heavy atom. The quantitative estimate of drug-likeness (QED) is 0.628. The number of nitrogens with zero attached hydrogens (tertiary/aromatic N) is 2. The Hall–Kier alpha value is -1.59. The van der Waals surface area contributed by atoms with E-state index in [0.29, 0.717) is 6.61 Å². The van der Waals surface area contributed by atoms with Crippen molar-refractivity contribution in [2.24, 2.45) is 0 Å². The van der Waals surface area contributed by atoms with Gasteiger partial charge in [-0.2, -0.15) is 0 Å². The Labute approximate surface area is 130 Å². The molecule has 0 spiro atoms. The third-order valence-electron chi connectivity index (χ3n) is 3.09. The van der Waals surface area contributed by atoms with Gasteiger partial charge in [0.2, 0.25) is 0 Å². The highest BCUT2D eigenvalue weighted by molar-refractivity contribution is 7.99. The van der Waals surface area contributed by atoms with Crippen LogP contribution in [0, 0.1) is 6.92 Å². The van der Waals surface area contributed by atoms with Crippen LogP contribution in [0.25, 0.3) is 0 Å². The van der Waals surface area contributed by atoms with Crippen molar-refractivity contribution in [3.8, 4) is 5.75 Å². The van der Waals surface area contributed by atoms with E-state index in [2.05, 4.69) is 21.4 Å². The minimum Gasteiger partial charge on any atom is -0.494 e. The summed E-state index contributed by atoms with van der Waals surface area (Å²) in [6, 6.07) is 10.3. The van der Waals surface area contributed by atoms with Crippen molar-refractivity contribution >= 4 is 11.8 Å². The second-order valence-corrected chi connectivity index (χ2v) is 5.59. The summed E-state index contributed by atoms with van der Waals surface area (Å²) in [6.45, 7) is 4.65. The van der Waals surface area contributed by atoms with Crippen molar-refractivity contribution in [2.45, 2.75) is 25.0 Å². The standard InChI is InChI=1S/C16H21N3OS/c1-4-20-15-8-6-5-7-13(15)14(17-3)11-21-16-18-10-9-12(2)19-16/h5-10,14,17H,4,11H2,1-3H3. The molecule has 1 aromatic carbocycles. The second kappa shape index (κ2) is 8.00. The maximum atomic E-state index is 5.71.